The number of alkyl halides is 3. The Hall–Kier alpha value is -1.27. The van der Waals surface area contributed by atoms with Crippen molar-refractivity contribution in [2.45, 2.75) is 18.5 Å². The summed E-state index contributed by atoms with van der Waals surface area (Å²) in [7, 11) is 1.26. The number of esters is 1. The number of benzene rings is 1. The van der Waals surface area contributed by atoms with Gasteiger partial charge in [-0.05, 0) is 24.6 Å². The largest absolute Gasteiger partial charge is 0.469 e. The summed E-state index contributed by atoms with van der Waals surface area (Å²) in [5.74, 6) is -1.51. The second kappa shape index (κ2) is 7.13. The molecule has 1 aromatic carbocycles. The molecule has 1 aliphatic rings. The number of carbonyl (C=O) groups is 1. The fraction of sp³-hybridized carbons (Fsp3) is 0.500. The van der Waals surface area contributed by atoms with Crippen molar-refractivity contribution in [3.8, 4) is 0 Å². The lowest BCUT2D eigenvalue weighted by Crippen LogP contribution is -2.40. The predicted molar refractivity (Wildman–Crippen MR) is 74.4 cm³/mol. The maximum Gasteiger partial charge on any atom is 0.416 e. The van der Waals surface area contributed by atoms with E-state index in [2.05, 4.69) is 5.32 Å². The van der Waals surface area contributed by atoms with Gasteiger partial charge in [-0.25, -0.2) is 0 Å². The van der Waals surface area contributed by atoms with Crippen LogP contribution in [0.3, 0.4) is 0 Å². The number of hydrogen-bond acceptors (Lipinski definition) is 3. The molecule has 21 heavy (non-hydrogen) atoms. The number of nitrogens with one attached hydrogen (secondary N) is 1. The molecule has 2 unspecified atom stereocenters. The highest BCUT2D eigenvalue weighted by atomic mass is 35.5. The third-order valence-electron chi connectivity index (χ3n) is 3.65. The highest BCUT2D eigenvalue weighted by Gasteiger charge is 2.39. The summed E-state index contributed by atoms with van der Waals surface area (Å²) in [5, 5.41) is 3.05. The SMILES string of the molecule is COC(=O)C1CCNCC1c1ccccc1C(F)(F)F.Cl. The van der Waals surface area contributed by atoms with Gasteiger partial charge in [0.05, 0.1) is 18.6 Å². The first-order chi connectivity index (χ1) is 9.45. The number of piperidine rings is 1. The van der Waals surface area contributed by atoms with Crippen molar-refractivity contribution in [2.24, 2.45) is 5.92 Å². The molecular formula is C14H17ClF3NO2. The van der Waals surface area contributed by atoms with E-state index in [1.165, 1.54) is 19.2 Å². The van der Waals surface area contributed by atoms with Gasteiger partial charge in [0.25, 0.3) is 0 Å². The van der Waals surface area contributed by atoms with Gasteiger partial charge in [0.1, 0.15) is 0 Å². The number of rotatable bonds is 2. The van der Waals surface area contributed by atoms with Gasteiger partial charge in [0.2, 0.25) is 0 Å². The van der Waals surface area contributed by atoms with Crippen molar-refractivity contribution in [3.05, 3.63) is 35.4 Å². The van der Waals surface area contributed by atoms with Crippen LogP contribution >= 0.6 is 12.4 Å². The van der Waals surface area contributed by atoms with Crippen LogP contribution in [0.2, 0.25) is 0 Å². The Labute approximate surface area is 127 Å². The van der Waals surface area contributed by atoms with Gasteiger partial charge in [-0.2, -0.15) is 13.2 Å². The maximum atomic E-state index is 13.1. The van der Waals surface area contributed by atoms with Crippen molar-refractivity contribution in [1.29, 1.82) is 0 Å². The molecule has 1 N–H and O–H groups in total. The fourth-order valence-electron chi connectivity index (χ4n) is 2.70. The van der Waals surface area contributed by atoms with Crippen LogP contribution in [-0.2, 0) is 15.7 Å². The highest BCUT2D eigenvalue weighted by molar-refractivity contribution is 5.85. The van der Waals surface area contributed by atoms with Gasteiger partial charge in [0.15, 0.2) is 0 Å². The molecule has 2 atom stereocenters. The molecule has 0 radical (unpaired) electrons. The first kappa shape index (κ1) is 17.8. The monoisotopic (exact) mass is 323 g/mol. The Balaban J connectivity index is 0.00000220. The molecule has 0 aliphatic carbocycles. The quantitative estimate of drug-likeness (QED) is 0.850. The van der Waals surface area contributed by atoms with Gasteiger partial charge < -0.3 is 10.1 Å². The third kappa shape index (κ3) is 3.89. The molecule has 118 valence electrons. The van der Waals surface area contributed by atoms with Crippen molar-refractivity contribution in [1.82, 2.24) is 5.32 Å². The average Bonchev–Trinajstić information content (AvgIpc) is 2.45. The van der Waals surface area contributed by atoms with Crippen molar-refractivity contribution >= 4 is 18.4 Å². The Kier molecular flexibility index (Phi) is 6.04. The van der Waals surface area contributed by atoms with Crippen LogP contribution in [0.4, 0.5) is 13.2 Å². The number of ether oxygens (including phenoxy) is 1. The van der Waals surface area contributed by atoms with Crippen molar-refractivity contribution in [2.75, 3.05) is 20.2 Å². The first-order valence-electron chi connectivity index (χ1n) is 6.40. The molecule has 1 heterocycles. The minimum Gasteiger partial charge on any atom is -0.469 e. The van der Waals surface area contributed by atoms with Crippen LogP contribution in [-0.4, -0.2) is 26.2 Å². The summed E-state index contributed by atoms with van der Waals surface area (Å²) in [6.07, 6.45) is -3.95. The third-order valence-corrected chi connectivity index (χ3v) is 3.65. The molecule has 1 saturated heterocycles. The molecule has 7 heteroatoms. The zero-order valence-corrected chi connectivity index (χ0v) is 12.3. The first-order valence-corrected chi connectivity index (χ1v) is 6.40. The predicted octanol–water partition coefficient (Wildman–Crippen LogP) is 2.99. The molecule has 3 nitrogen and oxygen atoms in total. The van der Waals surface area contributed by atoms with E-state index in [4.69, 9.17) is 4.74 Å². The topological polar surface area (TPSA) is 38.3 Å². The summed E-state index contributed by atoms with van der Waals surface area (Å²) < 4.78 is 43.9. The molecule has 0 amide bonds. The van der Waals surface area contributed by atoms with E-state index in [0.29, 0.717) is 19.5 Å². The van der Waals surface area contributed by atoms with Crippen LogP contribution in [0.1, 0.15) is 23.5 Å². The molecule has 1 aromatic rings. The molecule has 0 bridgehead atoms. The summed E-state index contributed by atoms with van der Waals surface area (Å²) in [6, 6.07) is 5.41. The van der Waals surface area contributed by atoms with E-state index >= 15 is 0 Å². The smallest absolute Gasteiger partial charge is 0.416 e. The second-order valence-electron chi connectivity index (χ2n) is 4.81. The van der Waals surface area contributed by atoms with Crippen molar-refractivity contribution < 1.29 is 22.7 Å². The van der Waals surface area contributed by atoms with Crippen LogP contribution in [0.25, 0.3) is 0 Å². The summed E-state index contributed by atoms with van der Waals surface area (Å²) in [6.45, 7) is 0.942. The lowest BCUT2D eigenvalue weighted by atomic mass is 9.79. The van der Waals surface area contributed by atoms with Crippen LogP contribution < -0.4 is 5.32 Å². The maximum absolute atomic E-state index is 13.1. The van der Waals surface area contributed by atoms with Crippen molar-refractivity contribution in [3.63, 3.8) is 0 Å². The van der Waals surface area contributed by atoms with E-state index in [9.17, 15) is 18.0 Å². The minimum atomic E-state index is -4.42. The number of hydrogen-bond donors (Lipinski definition) is 1. The summed E-state index contributed by atoms with van der Waals surface area (Å²) in [5.41, 5.74) is -0.523. The molecule has 0 aromatic heterocycles. The van der Waals surface area contributed by atoms with Gasteiger partial charge in [0, 0.05) is 12.5 Å². The van der Waals surface area contributed by atoms with Crippen LogP contribution in [0.5, 0.6) is 0 Å². The van der Waals surface area contributed by atoms with E-state index in [0.717, 1.165) is 6.07 Å². The lowest BCUT2D eigenvalue weighted by molar-refractivity contribution is -0.148. The van der Waals surface area contributed by atoms with E-state index in [-0.39, 0.29) is 18.0 Å². The molecule has 1 aliphatic heterocycles. The van der Waals surface area contributed by atoms with Gasteiger partial charge in [-0.1, -0.05) is 18.2 Å². The molecular weight excluding hydrogens is 307 g/mol. The fourth-order valence-corrected chi connectivity index (χ4v) is 2.70. The Bertz CT molecular complexity index is 493. The van der Waals surface area contributed by atoms with Gasteiger partial charge in [-0.15, -0.1) is 12.4 Å². The Morgan fingerprint density at radius 1 is 1.33 bits per heavy atom. The number of carbonyl (C=O) groups excluding carboxylic acids is 1. The number of halogens is 4. The van der Waals surface area contributed by atoms with Crippen LogP contribution in [0.15, 0.2) is 24.3 Å². The van der Waals surface area contributed by atoms with E-state index < -0.39 is 29.5 Å². The summed E-state index contributed by atoms with van der Waals surface area (Å²) in [4.78, 5) is 11.8. The number of methoxy groups -OCH3 is 1. The normalized spacial score (nSPS) is 22.3. The zero-order chi connectivity index (χ0) is 14.8. The molecule has 0 saturated carbocycles. The van der Waals surface area contributed by atoms with Gasteiger partial charge >= 0.3 is 12.1 Å². The van der Waals surface area contributed by atoms with E-state index in [1.807, 2.05) is 0 Å². The molecule has 2 rings (SSSR count). The summed E-state index contributed by atoms with van der Waals surface area (Å²) >= 11 is 0. The van der Waals surface area contributed by atoms with Gasteiger partial charge in [-0.3, -0.25) is 4.79 Å². The standard InChI is InChI=1S/C14H16F3NO2.ClH/c1-20-13(19)10-6-7-18-8-11(10)9-4-2-3-5-12(9)14(15,16)17;/h2-5,10-11,18H,6-8H2,1H3;1H. The molecule has 1 fully saturated rings. The lowest BCUT2D eigenvalue weighted by Gasteiger charge is -2.32. The Morgan fingerprint density at radius 3 is 2.62 bits per heavy atom. The molecule has 0 spiro atoms. The zero-order valence-electron chi connectivity index (χ0n) is 11.4. The average molecular weight is 324 g/mol. The minimum absolute atomic E-state index is 0. The second-order valence-corrected chi connectivity index (χ2v) is 4.81. The van der Waals surface area contributed by atoms with Crippen LogP contribution in [0, 0.1) is 5.92 Å². The Morgan fingerprint density at radius 2 is 2.00 bits per heavy atom. The van der Waals surface area contributed by atoms with E-state index in [1.54, 1.807) is 6.07 Å². The highest BCUT2D eigenvalue weighted by Crippen LogP contribution is 2.39.